The predicted molar refractivity (Wildman–Crippen MR) is 188 cm³/mol. The second-order valence-electron chi connectivity index (χ2n) is 13.2. The van der Waals surface area contributed by atoms with Crippen molar-refractivity contribution in [2.45, 2.75) is 12.4 Å². The molecule has 0 saturated heterocycles. The van der Waals surface area contributed by atoms with Gasteiger partial charge in [0.2, 0.25) is 0 Å². The Bertz CT molecular complexity index is 3000. The van der Waals surface area contributed by atoms with Gasteiger partial charge < -0.3 is 8.83 Å². The highest BCUT2D eigenvalue weighted by molar-refractivity contribution is 6.12. The van der Waals surface area contributed by atoms with E-state index in [-0.39, 0.29) is 44.1 Å². The van der Waals surface area contributed by atoms with Gasteiger partial charge in [0, 0.05) is 45.4 Å². The van der Waals surface area contributed by atoms with Crippen LogP contribution in [0.5, 0.6) is 0 Å². The standard InChI is InChI=1S/C42H14F14N2O2/c43-27-23(28(44)32(48)25(31(27)47)41(51,52)53)19-3-1-5-21-35-39(59-37(19)21)17(11-13-57-35)15-7-9-16(10-8-15)18-12-14-58-36-22-6-2-4-20(38(22)60-40(18)36)24-29(45)33(49)26(42(54,55)56)34(50)30(24)46/h1-14H. The van der Waals surface area contributed by atoms with Crippen LogP contribution in [0.15, 0.2) is 94.0 Å². The number of alkyl halides is 6. The van der Waals surface area contributed by atoms with Gasteiger partial charge in [-0.3, -0.25) is 9.97 Å². The molecule has 60 heavy (non-hydrogen) atoms. The number of aromatic nitrogens is 2. The Kier molecular flexibility index (Phi) is 8.52. The lowest BCUT2D eigenvalue weighted by atomic mass is 9.98. The number of pyridine rings is 2. The van der Waals surface area contributed by atoms with Crippen molar-refractivity contribution < 1.29 is 70.3 Å². The van der Waals surface area contributed by atoms with Crippen LogP contribution in [0.4, 0.5) is 61.5 Å². The number of halogens is 14. The molecule has 302 valence electrons. The van der Waals surface area contributed by atoms with Gasteiger partial charge in [-0.2, -0.15) is 26.3 Å². The molecule has 5 aromatic carbocycles. The summed E-state index contributed by atoms with van der Waals surface area (Å²) in [6.45, 7) is 0. The molecule has 4 heterocycles. The molecule has 9 aromatic rings. The van der Waals surface area contributed by atoms with E-state index in [1.165, 1.54) is 48.8 Å². The number of fused-ring (bicyclic) bond motifs is 6. The molecule has 0 aliphatic heterocycles. The molecular formula is C42H14F14N2O2. The molecule has 0 amide bonds. The van der Waals surface area contributed by atoms with Crippen LogP contribution in [0, 0.1) is 46.5 Å². The van der Waals surface area contributed by atoms with E-state index in [9.17, 15) is 43.9 Å². The van der Waals surface area contributed by atoms with Gasteiger partial charge in [-0.25, -0.2) is 35.1 Å². The summed E-state index contributed by atoms with van der Waals surface area (Å²) in [4.78, 5) is 8.53. The van der Waals surface area contributed by atoms with Gasteiger partial charge in [0.15, 0.2) is 57.7 Å². The second kappa shape index (κ2) is 13.3. The van der Waals surface area contributed by atoms with E-state index in [0.717, 1.165) is 12.1 Å². The topological polar surface area (TPSA) is 52.1 Å². The SMILES string of the molecule is Fc1c(F)c(C(F)(F)F)c(F)c(F)c1-c1cccc2c1oc1c(-c3ccc(-c4ccnc5c4oc4c(-c6c(F)c(F)c(C(F)(F)F)c(F)c6F)cccc45)cc3)ccnc12. The molecule has 0 fully saturated rings. The maximum Gasteiger partial charge on any atom is 0.422 e. The Morgan fingerprint density at radius 3 is 1.02 bits per heavy atom. The van der Waals surface area contributed by atoms with Crippen LogP contribution in [0.1, 0.15) is 11.1 Å². The van der Waals surface area contributed by atoms with Gasteiger partial charge in [0.1, 0.15) is 33.3 Å². The van der Waals surface area contributed by atoms with Crippen LogP contribution >= 0.6 is 0 Å². The van der Waals surface area contributed by atoms with Crippen molar-refractivity contribution in [1.82, 2.24) is 9.97 Å². The number of hydrogen-bond donors (Lipinski definition) is 0. The van der Waals surface area contributed by atoms with Crippen LogP contribution in [0.25, 0.3) is 88.6 Å². The van der Waals surface area contributed by atoms with Gasteiger partial charge in [0.25, 0.3) is 0 Å². The summed E-state index contributed by atoms with van der Waals surface area (Å²) in [5.74, 6) is -19.8. The summed E-state index contributed by atoms with van der Waals surface area (Å²) >= 11 is 0. The molecule has 0 bridgehead atoms. The maximum absolute atomic E-state index is 15.1. The summed E-state index contributed by atoms with van der Waals surface area (Å²) in [5, 5.41) is 0.177. The van der Waals surface area contributed by atoms with E-state index >= 15 is 17.6 Å². The first-order valence-electron chi connectivity index (χ1n) is 17.0. The van der Waals surface area contributed by atoms with E-state index < -0.39 is 92.3 Å². The zero-order valence-corrected chi connectivity index (χ0v) is 29.1. The first-order valence-corrected chi connectivity index (χ1v) is 17.0. The largest absolute Gasteiger partial charge is 0.453 e. The highest BCUT2D eigenvalue weighted by Gasteiger charge is 2.44. The number of nitrogens with zero attached hydrogens (tertiary/aromatic N) is 2. The fourth-order valence-corrected chi connectivity index (χ4v) is 7.27. The minimum Gasteiger partial charge on any atom is -0.453 e. The molecule has 0 unspecified atom stereocenters. The second-order valence-corrected chi connectivity index (χ2v) is 13.2. The lowest BCUT2D eigenvalue weighted by Crippen LogP contribution is -2.16. The van der Waals surface area contributed by atoms with Crippen LogP contribution < -0.4 is 0 Å². The minimum atomic E-state index is -5.75. The summed E-state index contributed by atoms with van der Waals surface area (Å²) < 4.78 is 211. The average molecular weight is 845 g/mol. The first kappa shape index (κ1) is 38.5. The third kappa shape index (κ3) is 5.60. The zero-order chi connectivity index (χ0) is 42.7. The average Bonchev–Trinajstić information content (AvgIpc) is 3.79. The molecule has 0 atom stereocenters. The van der Waals surface area contributed by atoms with Crippen molar-refractivity contribution in [1.29, 1.82) is 0 Å². The zero-order valence-electron chi connectivity index (χ0n) is 29.1. The molecule has 4 aromatic heterocycles. The Morgan fingerprint density at radius 1 is 0.367 bits per heavy atom. The monoisotopic (exact) mass is 844 g/mol. The smallest absolute Gasteiger partial charge is 0.422 e. The summed E-state index contributed by atoms with van der Waals surface area (Å²) in [5.41, 5.74) is -8.53. The lowest BCUT2D eigenvalue weighted by Gasteiger charge is -2.14. The van der Waals surface area contributed by atoms with E-state index in [1.807, 2.05) is 0 Å². The lowest BCUT2D eigenvalue weighted by molar-refractivity contribution is -0.144. The van der Waals surface area contributed by atoms with Gasteiger partial charge >= 0.3 is 12.4 Å². The highest BCUT2D eigenvalue weighted by Crippen LogP contribution is 2.46. The van der Waals surface area contributed by atoms with Crippen molar-refractivity contribution in [3.8, 4) is 44.5 Å². The van der Waals surface area contributed by atoms with Crippen molar-refractivity contribution in [3.05, 3.63) is 143 Å². The van der Waals surface area contributed by atoms with Crippen molar-refractivity contribution in [2.24, 2.45) is 0 Å². The normalized spacial score (nSPS) is 12.5. The van der Waals surface area contributed by atoms with E-state index in [1.54, 1.807) is 24.3 Å². The van der Waals surface area contributed by atoms with Gasteiger partial charge in [-0.1, -0.05) is 48.5 Å². The molecule has 4 nitrogen and oxygen atoms in total. The summed E-state index contributed by atoms with van der Waals surface area (Å²) in [7, 11) is 0. The number of hydrogen-bond acceptors (Lipinski definition) is 4. The summed E-state index contributed by atoms with van der Waals surface area (Å²) in [6.07, 6.45) is -8.80. The molecule has 18 heteroatoms. The fraction of sp³-hybridized carbons (Fsp3) is 0.0476. The predicted octanol–water partition coefficient (Wildman–Crippen LogP) is 14.1. The van der Waals surface area contributed by atoms with Crippen LogP contribution in [-0.2, 0) is 12.4 Å². The molecule has 0 aliphatic carbocycles. The molecule has 0 radical (unpaired) electrons. The molecule has 0 saturated carbocycles. The highest BCUT2D eigenvalue weighted by atomic mass is 19.4. The quantitative estimate of drug-likeness (QED) is 0.131. The first-order chi connectivity index (χ1) is 28.4. The third-order valence-electron chi connectivity index (χ3n) is 9.90. The van der Waals surface area contributed by atoms with Crippen molar-refractivity contribution >= 4 is 44.1 Å². The van der Waals surface area contributed by atoms with Crippen LogP contribution in [-0.4, -0.2) is 9.97 Å². The van der Waals surface area contributed by atoms with E-state index in [0.29, 0.717) is 22.3 Å². The fourth-order valence-electron chi connectivity index (χ4n) is 7.27. The number of para-hydroxylation sites is 2. The minimum absolute atomic E-state index is 0.00749. The molecule has 0 spiro atoms. The number of benzene rings is 5. The Labute approximate surface area is 323 Å². The maximum atomic E-state index is 15.1. The van der Waals surface area contributed by atoms with Gasteiger partial charge in [-0.05, 0) is 35.4 Å². The van der Waals surface area contributed by atoms with Crippen molar-refractivity contribution in [3.63, 3.8) is 0 Å². The van der Waals surface area contributed by atoms with Gasteiger partial charge in [0.05, 0.1) is 11.1 Å². The Balaban J connectivity index is 1.15. The number of furan rings is 2. The molecule has 0 N–H and O–H groups in total. The molecule has 9 rings (SSSR count). The van der Waals surface area contributed by atoms with E-state index in [4.69, 9.17) is 8.83 Å². The third-order valence-corrected chi connectivity index (χ3v) is 9.90. The van der Waals surface area contributed by atoms with Crippen molar-refractivity contribution in [2.75, 3.05) is 0 Å². The number of rotatable bonds is 4. The molecule has 0 aliphatic rings. The van der Waals surface area contributed by atoms with E-state index in [2.05, 4.69) is 9.97 Å². The van der Waals surface area contributed by atoms with Gasteiger partial charge in [-0.15, -0.1) is 0 Å². The van der Waals surface area contributed by atoms with Crippen LogP contribution in [0.3, 0.4) is 0 Å². The Morgan fingerprint density at radius 2 is 0.700 bits per heavy atom. The Hall–Kier alpha value is -6.98. The summed E-state index contributed by atoms with van der Waals surface area (Å²) in [6, 6.07) is 16.6. The molecular weight excluding hydrogens is 830 g/mol. The van der Waals surface area contributed by atoms with Crippen LogP contribution in [0.2, 0.25) is 0 Å².